The van der Waals surface area contributed by atoms with Crippen LogP contribution < -0.4 is 5.32 Å². The summed E-state index contributed by atoms with van der Waals surface area (Å²) in [6.07, 6.45) is 49.9. The fourth-order valence-corrected chi connectivity index (χ4v) is 9.81. The van der Waals surface area contributed by atoms with Crippen molar-refractivity contribution in [2.75, 3.05) is 13.2 Å². The van der Waals surface area contributed by atoms with Crippen molar-refractivity contribution in [2.24, 2.45) is 0 Å². The molecular formula is C57H113NO8. The third-order valence-electron chi connectivity index (χ3n) is 14.5. The van der Waals surface area contributed by atoms with Crippen molar-refractivity contribution in [3.05, 3.63) is 0 Å². The number of ether oxygens (including phenoxy) is 2. The third-order valence-corrected chi connectivity index (χ3v) is 14.5. The number of unbranched alkanes of at least 4 members (excludes halogenated alkanes) is 41. The van der Waals surface area contributed by atoms with E-state index in [4.69, 9.17) is 9.47 Å². The molecule has 1 amide bonds. The number of hydrogen-bond acceptors (Lipinski definition) is 8. The van der Waals surface area contributed by atoms with Gasteiger partial charge in [-0.05, 0) is 12.8 Å². The molecule has 7 atom stereocenters. The van der Waals surface area contributed by atoms with E-state index >= 15 is 0 Å². The Kier molecular flexibility index (Phi) is 45.8. The summed E-state index contributed by atoms with van der Waals surface area (Å²) in [5, 5.41) is 54.6. The van der Waals surface area contributed by atoms with Gasteiger partial charge in [-0.25, -0.2) is 0 Å². The molecule has 6 N–H and O–H groups in total. The van der Waals surface area contributed by atoms with Crippen LogP contribution in [-0.2, 0) is 14.3 Å². The first-order chi connectivity index (χ1) is 32.3. The lowest BCUT2D eigenvalue weighted by molar-refractivity contribution is -0.302. The van der Waals surface area contributed by atoms with Gasteiger partial charge in [0, 0.05) is 6.42 Å². The van der Waals surface area contributed by atoms with Gasteiger partial charge in [0.1, 0.15) is 24.4 Å². The number of rotatable bonds is 51. The van der Waals surface area contributed by atoms with Crippen molar-refractivity contribution in [3.8, 4) is 0 Å². The first-order valence-corrected chi connectivity index (χ1v) is 29.2. The van der Waals surface area contributed by atoms with Crippen molar-refractivity contribution in [1.82, 2.24) is 5.32 Å². The number of carbonyl (C=O) groups excluding carboxylic acids is 1. The first kappa shape index (κ1) is 63.2. The van der Waals surface area contributed by atoms with Crippen LogP contribution in [0.3, 0.4) is 0 Å². The number of amides is 1. The highest BCUT2D eigenvalue weighted by molar-refractivity contribution is 5.76. The van der Waals surface area contributed by atoms with Gasteiger partial charge in [-0.2, -0.15) is 0 Å². The topological polar surface area (TPSA) is 149 Å². The maximum atomic E-state index is 13.1. The number of nitrogens with one attached hydrogen (secondary N) is 1. The molecule has 66 heavy (non-hydrogen) atoms. The van der Waals surface area contributed by atoms with Crippen LogP contribution in [-0.4, -0.2) is 87.5 Å². The third kappa shape index (κ3) is 37.1. The zero-order chi connectivity index (χ0) is 48.0. The summed E-state index contributed by atoms with van der Waals surface area (Å²) in [5.74, 6) is -0.136. The molecule has 0 spiro atoms. The van der Waals surface area contributed by atoms with Crippen molar-refractivity contribution in [2.45, 2.75) is 346 Å². The summed E-state index contributed by atoms with van der Waals surface area (Å²) in [6, 6.07) is -0.713. The quantitative estimate of drug-likeness (QED) is 0.0330. The Morgan fingerprint density at radius 2 is 0.758 bits per heavy atom. The molecule has 0 radical (unpaired) electrons. The van der Waals surface area contributed by atoms with Gasteiger partial charge < -0.3 is 40.3 Å². The summed E-state index contributed by atoms with van der Waals surface area (Å²) < 4.78 is 11.3. The van der Waals surface area contributed by atoms with Crippen LogP contribution in [0.1, 0.15) is 303 Å². The van der Waals surface area contributed by atoms with Gasteiger partial charge in [-0.3, -0.25) is 4.79 Å². The molecule has 0 aromatic heterocycles. The van der Waals surface area contributed by atoms with Crippen LogP contribution in [0.4, 0.5) is 0 Å². The summed E-state index contributed by atoms with van der Waals surface area (Å²) >= 11 is 0. The van der Waals surface area contributed by atoms with E-state index in [1.54, 1.807) is 0 Å². The van der Waals surface area contributed by atoms with E-state index in [9.17, 15) is 30.3 Å². The monoisotopic (exact) mass is 940 g/mol. The van der Waals surface area contributed by atoms with Crippen molar-refractivity contribution in [3.63, 3.8) is 0 Å². The normalized spacial score (nSPS) is 19.7. The van der Waals surface area contributed by atoms with Crippen LogP contribution in [0.2, 0.25) is 0 Å². The minimum Gasteiger partial charge on any atom is -0.394 e. The lowest BCUT2D eigenvalue weighted by Gasteiger charge is -2.40. The Balaban J connectivity index is 2.15. The molecule has 0 aromatic carbocycles. The second-order valence-corrected chi connectivity index (χ2v) is 20.8. The largest absolute Gasteiger partial charge is 0.394 e. The summed E-state index contributed by atoms with van der Waals surface area (Å²) in [5.41, 5.74) is 0. The molecule has 7 unspecified atom stereocenters. The summed E-state index contributed by atoms with van der Waals surface area (Å²) in [6.45, 7) is 3.88. The lowest BCUT2D eigenvalue weighted by atomic mass is 9.99. The minimum atomic E-state index is -1.55. The fraction of sp³-hybridized carbons (Fsp3) is 0.982. The Bertz CT molecular complexity index is 1000. The molecule has 0 saturated carbocycles. The molecule has 1 heterocycles. The zero-order valence-electron chi connectivity index (χ0n) is 43.7. The van der Waals surface area contributed by atoms with Gasteiger partial charge in [0.15, 0.2) is 6.29 Å². The van der Waals surface area contributed by atoms with E-state index < -0.39 is 49.5 Å². The molecule has 1 saturated heterocycles. The Hall–Kier alpha value is -0.810. The summed E-state index contributed by atoms with van der Waals surface area (Å²) in [7, 11) is 0. The van der Waals surface area contributed by atoms with Crippen LogP contribution in [0.25, 0.3) is 0 Å². The van der Waals surface area contributed by atoms with E-state index in [0.717, 1.165) is 38.5 Å². The highest BCUT2D eigenvalue weighted by atomic mass is 16.7. The standard InChI is InChI=1S/C57H113NO8/c1-3-5-7-9-11-13-15-17-19-21-22-23-24-25-26-27-28-29-30-31-33-35-37-39-41-43-45-47-53(61)58-50(49-65-57-56(64)55(63)54(62)52(48-59)66-57)51(60)46-44-42-40-38-36-34-32-20-18-16-14-12-10-8-6-4-2/h50-52,54-57,59-60,62-64H,3-49H2,1-2H3,(H,58,61). The van der Waals surface area contributed by atoms with Crippen LogP contribution in [0.5, 0.6) is 0 Å². The van der Waals surface area contributed by atoms with Gasteiger partial charge in [0.05, 0.1) is 25.4 Å². The predicted octanol–water partition coefficient (Wildman–Crippen LogP) is 14.2. The minimum absolute atomic E-state index is 0.131. The first-order valence-electron chi connectivity index (χ1n) is 29.2. The number of carbonyl (C=O) groups is 1. The molecule has 394 valence electrons. The number of aliphatic hydroxyl groups is 5. The van der Waals surface area contributed by atoms with Gasteiger partial charge in [-0.1, -0.05) is 284 Å². The van der Waals surface area contributed by atoms with Gasteiger partial charge in [-0.15, -0.1) is 0 Å². The molecule has 9 nitrogen and oxygen atoms in total. The molecular weight excluding hydrogens is 827 g/mol. The Morgan fingerprint density at radius 1 is 0.455 bits per heavy atom. The van der Waals surface area contributed by atoms with Crippen LogP contribution in [0, 0.1) is 0 Å². The molecule has 9 heteroatoms. The Morgan fingerprint density at radius 3 is 1.08 bits per heavy atom. The molecule has 1 aliphatic rings. The van der Waals surface area contributed by atoms with Crippen molar-refractivity contribution in [1.29, 1.82) is 0 Å². The molecule has 1 aliphatic heterocycles. The molecule has 0 aliphatic carbocycles. The Labute approximate surface area is 408 Å². The molecule has 0 bridgehead atoms. The van der Waals surface area contributed by atoms with Gasteiger partial charge in [0.2, 0.25) is 5.91 Å². The molecule has 1 rings (SSSR count). The predicted molar refractivity (Wildman–Crippen MR) is 277 cm³/mol. The van der Waals surface area contributed by atoms with Gasteiger partial charge in [0.25, 0.3) is 0 Å². The maximum Gasteiger partial charge on any atom is 0.220 e. The average Bonchev–Trinajstić information content (AvgIpc) is 3.32. The number of aliphatic hydroxyl groups excluding tert-OH is 5. The summed E-state index contributed by atoms with van der Waals surface area (Å²) in [4.78, 5) is 13.1. The highest BCUT2D eigenvalue weighted by Gasteiger charge is 2.44. The van der Waals surface area contributed by atoms with Gasteiger partial charge >= 0.3 is 0 Å². The second-order valence-electron chi connectivity index (χ2n) is 20.8. The van der Waals surface area contributed by atoms with Crippen LogP contribution in [0.15, 0.2) is 0 Å². The van der Waals surface area contributed by atoms with Crippen molar-refractivity contribution >= 4 is 5.91 Å². The average molecular weight is 941 g/mol. The van der Waals surface area contributed by atoms with Crippen LogP contribution >= 0.6 is 0 Å². The fourth-order valence-electron chi connectivity index (χ4n) is 9.81. The smallest absolute Gasteiger partial charge is 0.220 e. The second kappa shape index (κ2) is 47.8. The molecule has 0 aromatic rings. The SMILES string of the molecule is CCCCCCCCCCCCCCCCCCCCCCCCCCCCCC(=O)NC(COC1OC(CO)C(O)C(O)C1O)C(O)CCCCCCCCCCCCCCCCCC. The zero-order valence-corrected chi connectivity index (χ0v) is 43.7. The van der Waals surface area contributed by atoms with E-state index in [1.165, 1.54) is 238 Å². The molecule has 1 fully saturated rings. The van der Waals surface area contributed by atoms with E-state index in [2.05, 4.69) is 19.2 Å². The number of hydrogen-bond donors (Lipinski definition) is 6. The van der Waals surface area contributed by atoms with E-state index in [-0.39, 0.29) is 12.5 Å². The maximum absolute atomic E-state index is 13.1. The van der Waals surface area contributed by atoms with Crippen molar-refractivity contribution < 1.29 is 39.8 Å². The van der Waals surface area contributed by atoms with E-state index in [0.29, 0.717) is 12.8 Å². The highest BCUT2D eigenvalue weighted by Crippen LogP contribution is 2.23. The lowest BCUT2D eigenvalue weighted by Crippen LogP contribution is -2.60. The van der Waals surface area contributed by atoms with E-state index in [1.807, 2.05) is 0 Å².